The molecule has 1 aliphatic carbocycles. The van der Waals surface area contributed by atoms with Gasteiger partial charge in [-0.2, -0.15) is 0 Å². The highest BCUT2D eigenvalue weighted by Gasteiger charge is 2.49. The highest BCUT2D eigenvalue weighted by molar-refractivity contribution is 5.87. The first-order valence-electron chi connectivity index (χ1n) is 7.48. The summed E-state index contributed by atoms with van der Waals surface area (Å²) < 4.78 is 27.1. The zero-order valence-corrected chi connectivity index (χ0v) is 12.0. The van der Waals surface area contributed by atoms with Crippen LogP contribution in [0.25, 0.3) is 0 Å². The van der Waals surface area contributed by atoms with E-state index in [1.165, 1.54) is 17.0 Å². The molecule has 3 atom stereocenters. The van der Waals surface area contributed by atoms with E-state index in [-0.39, 0.29) is 17.4 Å². The molecular formula is C16H17F2NO3. The fraction of sp³-hybridized carbons (Fsp3) is 0.500. The van der Waals surface area contributed by atoms with E-state index in [0.717, 1.165) is 18.9 Å². The van der Waals surface area contributed by atoms with Crippen LogP contribution in [0.1, 0.15) is 37.2 Å². The molecule has 0 bridgehead atoms. The van der Waals surface area contributed by atoms with Gasteiger partial charge in [0.05, 0.1) is 0 Å². The van der Waals surface area contributed by atoms with Crippen molar-refractivity contribution in [3.8, 4) is 0 Å². The van der Waals surface area contributed by atoms with Gasteiger partial charge >= 0.3 is 5.97 Å². The number of hydrogen-bond acceptors (Lipinski definition) is 2. The zero-order chi connectivity index (χ0) is 15.9. The van der Waals surface area contributed by atoms with E-state index in [1.807, 2.05) is 0 Å². The number of halogens is 2. The number of carbonyl (C=O) groups excluding carboxylic acids is 1. The van der Waals surface area contributed by atoms with Crippen molar-refractivity contribution in [1.82, 2.24) is 4.90 Å². The van der Waals surface area contributed by atoms with Crippen molar-refractivity contribution in [1.29, 1.82) is 0 Å². The van der Waals surface area contributed by atoms with Crippen molar-refractivity contribution < 1.29 is 23.5 Å². The van der Waals surface area contributed by atoms with Gasteiger partial charge in [0, 0.05) is 12.5 Å². The first-order chi connectivity index (χ1) is 10.5. The maximum Gasteiger partial charge on any atom is 0.326 e. The van der Waals surface area contributed by atoms with Crippen molar-refractivity contribution in [2.45, 2.75) is 37.6 Å². The number of aliphatic carboxylic acids is 1. The molecule has 6 heteroatoms. The zero-order valence-electron chi connectivity index (χ0n) is 12.0. The summed E-state index contributed by atoms with van der Waals surface area (Å²) in [6, 6.07) is 3.17. The van der Waals surface area contributed by atoms with Crippen LogP contribution in [0.15, 0.2) is 18.2 Å². The summed E-state index contributed by atoms with van der Waals surface area (Å²) in [5.74, 6) is -3.85. The van der Waals surface area contributed by atoms with Gasteiger partial charge < -0.3 is 10.0 Å². The van der Waals surface area contributed by atoms with E-state index in [9.17, 15) is 23.5 Å². The summed E-state index contributed by atoms with van der Waals surface area (Å²) in [5.41, 5.74) is 0.210. The van der Waals surface area contributed by atoms with Gasteiger partial charge in [0.15, 0.2) is 11.6 Å². The van der Waals surface area contributed by atoms with Gasteiger partial charge in [0.1, 0.15) is 6.04 Å². The average Bonchev–Trinajstić information content (AvgIpc) is 3.29. The second-order valence-corrected chi connectivity index (χ2v) is 5.97. The van der Waals surface area contributed by atoms with E-state index < -0.39 is 29.6 Å². The Morgan fingerprint density at radius 2 is 2.00 bits per heavy atom. The maximum absolute atomic E-state index is 13.8. The first-order valence-corrected chi connectivity index (χ1v) is 7.48. The first kappa shape index (κ1) is 14.9. The molecule has 1 aliphatic heterocycles. The fourth-order valence-electron chi connectivity index (χ4n) is 3.28. The molecule has 1 N–H and O–H groups in total. The molecule has 1 amide bonds. The Balaban J connectivity index is 1.74. The van der Waals surface area contributed by atoms with E-state index >= 15 is 0 Å². The number of nitrogens with zero attached hydrogens (tertiary/aromatic N) is 1. The minimum atomic E-state index is -0.998. The molecule has 1 heterocycles. The molecule has 1 aromatic rings. The lowest BCUT2D eigenvalue weighted by atomic mass is 10.0. The van der Waals surface area contributed by atoms with Crippen molar-refractivity contribution in [2.24, 2.45) is 5.92 Å². The van der Waals surface area contributed by atoms with Gasteiger partial charge in [-0.1, -0.05) is 12.1 Å². The standard InChI is InChI=1S/C16H17F2NO3/c17-12-5-3-4-9(14(12)18)10-8-11(10)15(20)19-7-2-1-6-13(19)16(21)22/h3-5,10-11,13H,1-2,6-8H2,(H,21,22)/t10-,11+,13+/m1/s1. The molecule has 1 saturated heterocycles. The van der Waals surface area contributed by atoms with Crippen molar-refractivity contribution in [3.63, 3.8) is 0 Å². The van der Waals surface area contributed by atoms with Crippen LogP contribution in [0.2, 0.25) is 0 Å². The minimum absolute atomic E-state index is 0.210. The summed E-state index contributed by atoms with van der Waals surface area (Å²) in [6.07, 6.45) is 2.46. The number of carboxylic acid groups (broad SMARTS) is 1. The maximum atomic E-state index is 13.8. The van der Waals surface area contributed by atoms with Crippen LogP contribution >= 0.6 is 0 Å². The summed E-state index contributed by atoms with van der Waals surface area (Å²) in [4.78, 5) is 25.2. The third-order valence-corrected chi connectivity index (χ3v) is 4.56. The number of amides is 1. The third-order valence-electron chi connectivity index (χ3n) is 4.56. The summed E-state index contributed by atoms with van der Waals surface area (Å²) in [6.45, 7) is 0.421. The van der Waals surface area contributed by atoms with Crippen LogP contribution in [-0.4, -0.2) is 34.5 Å². The number of carboxylic acids is 1. The molecular weight excluding hydrogens is 292 g/mol. The Morgan fingerprint density at radius 3 is 2.73 bits per heavy atom. The van der Waals surface area contributed by atoms with E-state index in [4.69, 9.17) is 0 Å². The Bertz CT molecular complexity index is 619. The fourth-order valence-corrected chi connectivity index (χ4v) is 3.28. The number of piperidine rings is 1. The molecule has 118 valence electrons. The topological polar surface area (TPSA) is 57.6 Å². The normalized spacial score (nSPS) is 27.5. The molecule has 3 rings (SSSR count). The summed E-state index contributed by atoms with van der Waals surface area (Å²) in [7, 11) is 0. The Kier molecular flexibility index (Phi) is 3.85. The monoisotopic (exact) mass is 309 g/mol. The molecule has 0 aromatic heterocycles. The minimum Gasteiger partial charge on any atom is -0.480 e. The van der Waals surface area contributed by atoms with Gasteiger partial charge in [0.25, 0.3) is 0 Å². The Hall–Kier alpha value is -1.98. The highest BCUT2D eigenvalue weighted by atomic mass is 19.2. The quantitative estimate of drug-likeness (QED) is 0.933. The lowest BCUT2D eigenvalue weighted by Crippen LogP contribution is -2.48. The van der Waals surface area contributed by atoms with E-state index in [1.54, 1.807) is 0 Å². The Labute approximate surface area is 126 Å². The Morgan fingerprint density at radius 1 is 1.23 bits per heavy atom. The van der Waals surface area contributed by atoms with Gasteiger partial charge in [-0.25, -0.2) is 13.6 Å². The number of carbonyl (C=O) groups is 2. The van der Waals surface area contributed by atoms with Gasteiger partial charge in [-0.05, 0) is 43.2 Å². The number of hydrogen-bond donors (Lipinski definition) is 1. The van der Waals surface area contributed by atoms with Gasteiger partial charge in [-0.15, -0.1) is 0 Å². The molecule has 0 radical (unpaired) electrons. The number of likely N-dealkylation sites (tertiary alicyclic amines) is 1. The van der Waals surface area contributed by atoms with Crippen LogP contribution in [-0.2, 0) is 9.59 Å². The average molecular weight is 309 g/mol. The second kappa shape index (κ2) is 5.66. The van der Waals surface area contributed by atoms with Crippen LogP contribution in [0, 0.1) is 17.6 Å². The molecule has 1 aromatic carbocycles. The summed E-state index contributed by atoms with van der Waals surface area (Å²) >= 11 is 0. The molecule has 2 fully saturated rings. The van der Waals surface area contributed by atoms with Crippen molar-refractivity contribution >= 4 is 11.9 Å². The van der Waals surface area contributed by atoms with Gasteiger partial charge in [0.2, 0.25) is 5.91 Å². The molecule has 22 heavy (non-hydrogen) atoms. The molecule has 4 nitrogen and oxygen atoms in total. The number of benzene rings is 1. The molecule has 0 spiro atoms. The van der Waals surface area contributed by atoms with Crippen LogP contribution in [0.5, 0.6) is 0 Å². The molecule has 2 aliphatic rings. The molecule has 1 saturated carbocycles. The second-order valence-electron chi connectivity index (χ2n) is 5.97. The SMILES string of the molecule is O=C(O)[C@@H]1CCCCN1C(=O)[C@H]1C[C@@H]1c1cccc(F)c1F. The van der Waals surface area contributed by atoms with Crippen molar-refractivity contribution in [2.75, 3.05) is 6.54 Å². The lowest BCUT2D eigenvalue weighted by molar-refractivity contribution is -0.152. The van der Waals surface area contributed by atoms with Crippen LogP contribution in [0.4, 0.5) is 8.78 Å². The van der Waals surface area contributed by atoms with Gasteiger partial charge in [-0.3, -0.25) is 4.79 Å². The molecule has 0 unspecified atom stereocenters. The predicted molar refractivity (Wildman–Crippen MR) is 74.2 cm³/mol. The lowest BCUT2D eigenvalue weighted by Gasteiger charge is -2.33. The van der Waals surface area contributed by atoms with Crippen LogP contribution in [0.3, 0.4) is 0 Å². The van der Waals surface area contributed by atoms with Crippen LogP contribution < -0.4 is 0 Å². The van der Waals surface area contributed by atoms with E-state index in [2.05, 4.69) is 0 Å². The summed E-state index contributed by atoms with van der Waals surface area (Å²) in [5, 5.41) is 9.22. The van der Waals surface area contributed by atoms with E-state index in [0.29, 0.717) is 19.4 Å². The van der Waals surface area contributed by atoms with Crippen molar-refractivity contribution in [3.05, 3.63) is 35.4 Å². The number of rotatable bonds is 3. The largest absolute Gasteiger partial charge is 0.480 e. The smallest absolute Gasteiger partial charge is 0.326 e. The third kappa shape index (κ3) is 2.58. The predicted octanol–water partition coefficient (Wildman–Crippen LogP) is 2.53. The highest BCUT2D eigenvalue weighted by Crippen LogP contribution is 2.50.